The van der Waals surface area contributed by atoms with Gasteiger partial charge in [-0.25, -0.2) is 4.90 Å². The van der Waals surface area contributed by atoms with Crippen molar-refractivity contribution in [3.8, 4) is 0 Å². The number of nitrogens with one attached hydrogen (secondary N) is 1. The van der Waals surface area contributed by atoms with E-state index in [1.54, 1.807) is 6.07 Å². The van der Waals surface area contributed by atoms with E-state index in [-0.39, 0.29) is 11.8 Å². The minimum atomic E-state index is -0.350. The zero-order valence-corrected chi connectivity index (χ0v) is 17.3. The van der Waals surface area contributed by atoms with Crippen LogP contribution in [0.5, 0.6) is 0 Å². The van der Waals surface area contributed by atoms with Crippen molar-refractivity contribution in [2.24, 2.45) is 0 Å². The quantitative estimate of drug-likeness (QED) is 0.578. The molecule has 0 spiro atoms. The van der Waals surface area contributed by atoms with Crippen LogP contribution in [0.2, 0.25) is 0 Å². The Bertz CT molecular complexity index is 1130. The summed E-state index contributed by atoms with van der Waals surface area (Å²) in [5.41, 5.74) is 4.95. The largest absolute Gasteiger partial charge is 0.350 e. The highest BCUT2D eigenvalue weighted by molar-refractivity contribution is 6.46. The fourth-order valence-corrected chi connectivity index (χ4v) is 3.62. The molecule has 0 aromatic heterocycles. The van der Waals surface area contributed by atoms with Crippen molar-refractivity contribution in [2.75, 3.05) is 10.2 Å². The second-order valence-corrected chi connectivity index (χ2v) is 7.80. The lowest BCUT2D eigenvalue weighted by Gasteiger charge is -2.16. The molecule has 0 saturated carbocycles. The molecule has 1 aliphatic rings. The van der Waals surface area contributed by atoms with Crippen LogP contribution in [0.3, 0.4) is 0 Å². The summed E-state index contributed by atoms with van der Waals surface area (Å²) in [7, 11) is 0. The Morgan fingerprint density at radius 2 is 1.50 bits per heavy atom. The summed E-state index contributed by atoms with van der Waals surface area (Å²) < 4.78 is 0. The van der Waals surface area contributed by atoms with Crippen LogP contribution >= 0.6 is 0 Å². The predicted molar refractivity (Wildman–Crippen MR) is 121 cm³/mol. The Hall–Kier alpha value is -3.66. The van der Waals surface area contributed by atoms with Gasteiger partial charge in [0, 0.05) is 5.69 Å². The summed E-state index contributed by atoms with van der Waals surface area (Å²) in [6, 6.07) is 24.7. The van der Waals surface area contributed by atoms with Crippen molar-refractivity contribution in [3.63, 3.8) is 0 Å². The highest BCUT2D eigenvalue weighted by atomic mass is 16.2. The molecule has 2 amide bonds. The molecule has 0 saturated heterocycles. The molecule has 3 aromatic carbocycles. The van der Waals surface area contributed by atoms with E-state index in [1.807, 2.05) is 79.7 Å². The number of aryl methyl sites for hydroxylation is 1. The van der Waals surface area contributed by atoms with Crippen LogP contribution in [0, 0.1) is 6.92 Å². The van der Waals surface area contributed by atoms with Gasteiger partial charge in [-0.05, 0) is 53.8 Å². The molecule has 0 radical (unpaired) electrons. The van der Waals surface area contributed by atoms with Crippen molar-refractivity contribution in [1.29, 1.82) is 0 Å². The SMILES string of the molecule is Cc1cccc(N2C(=O)C(Nc3ccc(C(C)C)cc3)=C(c3ccccc3)C2=O)c1. The number of imide groups is 1. The van der Waals surface area contributed by atoms with E-state index in [9.17, 15) is 9.59 Å². The van der Waals surface area contributed by atoms with Crippen LogP contribution in [0.25, 0.3) is 5.57 Å². The molecule has 30 heavy (non-hydrogen) atoms. The lowest BCUT2D eigenvalue weighted by molar-refractivity contribution is -0.120. The third-order valence-electron chi connectivity index (χ3n) is 5.25. The Labute approximate surface area is 176 Å². The molecule has 0 unspecified atom stereocenters. The van der Waals surface area contributed by atoms with Gasteiger partial charge in [0.2, 0.25) is 0 Å². The monoisotopic (exact) mass is 396 g/mol. The fraction of sp³-hybridized carbons (Fsp3) is 0.154. The first-order chi connectivity index (χ1) is 14.5. The van der Waals surface area contributed by atoms with E-state index in [1.165, 1.54) is 10.5 Å². The maximum atomic E-state index is 13.4. The molecule has 3 aromatic rings. The van der Waals surface area contributed by atoms with Crippen molar-refractivity contribution >= 4 is 28.8 Å². The number of carbonyl (C=O) groups is 2. The number of amides is 2. The van der Waals surface area contributed by atoms with Gasteiger partial charge in [-0.3, -0.25) is 9.59 Å². The Balaban J connectivity index is 1.77. The Morgan fingerprint density at radius 1 is 0.800 bits per heavy atom. The van der Waals surface area contributed by atoms with Crippen LogP contribution in [-0.4, -0.2) is 11.8 Å². The van der Waals surface area contributed by atoms with Gasteiger partial charge in [0.25, 0.3) is 11.8 Å². The predicted octanol–water partition coefficient (Wildman–Crippen LogP) is 5.52. The minimum absolute atomic E-state index is 0.296. The summed E-state index contributed by atoms with van der Waals surface area (Å²) in [6.45, 7) is 6.21. The van der Waals surface area contributed by atoms with Gasteiger partial charge in [-0.15, -0.1) is 0 Å². The molecule has 1 heterocycles. The van der Waals surface area contributed by atoms with E-state index in [4.69, 9.17) is 0 Å². The van der Waals surface area contributed by atoms with Crippen LogP contribution in [0.15, 0.2) is 84.6 Å². The zero-order valence-electron chi connectivity index (χ0n) is 17.3. The summed E-state index contributed by atoms with van der Waals surface area (Å²) in [4.78, 5) is 28.0. The van der Waals surface area contributed by atoms with Crippen LogP contribution < -0.4 is 10.2 Å². The van der Waals surface area contributed by atoms with E-state index in [0.717, 1.165) is 11.3 Å². The van der Waals surface area contributed by atoms with Gasteiger partial charge in [-0.1, -0.05) is 68.4 Å². The van der Waals surface area contributed by atoms with Gasteiger partial charge in [-0.2, -0.15) is 0 Å². The zero-order chi connectivity index (χ0) is 21.3. The van der Waals surface area contributed by atoms with E-state index < -0.39 is 0 Å². The second kappa shape index (κ2) is 7.99. The molecule has 1 N–H and O–H groups in total. The molecular weight excluding hydrogens is 372 g/mol. The standard InChI is InChI=1S/C26H24N2O2/c1-17(2)19-12-14-21(15-13-19)27-24-23(20-9-5-4-6-10-20)25(29)28(26(24)30)22-11-7-8-18(3)16-22/h4-17,27H,1-3H3. The lowest BCUT2D eigenvalue weighted by atomic mass is 10.0. The highest BCUT2D eigenvalue weighted by Gasteiger charge is 2.40. The maximum Gasteiger partial charge on any atom is 0.282 e. The average Bonchev–Trinajstić information content (AvgIpc) is 2.98. The number of rotatable bonds is 5. The molecule has 0 bridgehead atoms. The molecule has 1 aliphatic heterocycles. The summed E-state index contributed by atoms with van der Waals surface area (Å²) in [5.74, 6) is -0.250. The smallest absolute Gasteiger partial charge is 0.282 e. The van der Waals surface area contributed by atoms with Crippen molar-refractivity contribution in [2.45, 2.75) is 26.7 Å². The Kier molecular flexibility index (Phi) is 5.23. The third kappa shape index (κ3) is 3.64. The number of hydrogen-bond donors (Lipinski definition) is 1. The summed E-state index contributed by atoms with van der Waals surface area (Å²) >= 11 is 0. The van der Waals surface area contributed by atoms with Crippen molar-refractivity contribution in [1.82, 2.24) is 0 Å². The van der Waals surface area contributed by atoms with Crippen molar-refractivity contribution in [3.05, 3.63) is 101 Å². The number of anilines is 2. The van der Waals surface area contributed by atoms with Crippen LogP contribution in [0.1, 0.15) is 36.5 Å². The normalized spacial score (nSPS) is 14.1. The first kappa shape index (κ1) is 19.6. The molecule has 150 valence electrons. The summed E-state index contributed by atoms with van der Waals surface area (Å²) in [6.07, 6.45) is 0. The van der Waals surface area contributed by atoms with Gasteiger partial charge < -0.3 is 5.32 Å². The van der Waals surface area contributed by atoms with Gasteiger partial charge >= 0.3 is 0 Å². The minimum Gasteiger partial charge on any atom is -0.350 e. The highest BCUT2D eigenvalue weighted by Crippen LogP contribution is 2.34. The maximum absolute atomic E-state index is 13.4. The first-order valence-corrected chi connectivity index (χ1v) is 10.1. The summed E-state index contributed by atoms with van der Waals surface area (Å²) in [5, 5.41) is 3.22. The number of nitrogens with zero attached hydrogens (tertiary/aromatic N) is 1. The van der Waals surface area contributed by atoms with E-state index >= 15 is 0 Å². The molecule has 0 fully saturated rings. The molecule has 4 rings (SSSR count). The van der Waals surface area contributed by atoms with Crippen LogP contribution in [-0.2, 0) is 9.59 Å². The Morgan fingerprint density at radius 3 is 2.13 bits per heavy atom. The van der Waals surface area contributed by atoms with Gasteiger partial charge in [0.15, 0.2) is 0 Å². The molecule has 0 atom stereocenters. The average molecular weight is 396 g/mol. The lowest BCUT2D eigenvalue weighted by Crippen LogP contribution is -2.32. The molecule has 4 nitrogen and oxygen atoms in total. The van der Waals surface area contributed by atoms with Gasteiger partial charge in [0.1, 0.15) is 5.70 Å². The number of benzene rings is 3. The number of hydrogen-bond acceptors (Lipinski definition) is 3. The van der Waals surface area contributed by atoms with Crippen molar-refractivity contribution < 1.29 is 9.59 Å². The number of carbonyl (C=O) groups excluding carboxylic acids is 2. The van der Waals surface area contributed by atoms with Gasteiger partial charge in [0.05, 0.1) is 11.3 Å². The molecule has 4 heteroatoms. The fourth-order valence-electron chi connectivity index (χ4n) is 3.62. The molecule has 0 aliphatic carbocycles. The topological polar surface area (TPSA) is 49.4 Å². The molecular formula is C26H24N2O2. The van der Waals surface area contributed by atoms with E-state index in [2.05, 4.69) is 19.2 Å². The second-order valence-electron chi connectivity index (χ2n) is 7.80. The first-order valence-electron chi connectivity index (χ1n) is 10.1. The third-order valence-corrected chi connectivity index (χ3v) is 5.25. The van der Waals surface area contributed by atoms with E-state index in [0.29, 0.717) is 28.4 Å². The van der Waals surface area contributed by atoms with Crippen LogP contribution in [0.4, 0.5) is 11.4 Å².